The first kappa shape index (κ1) is 26.1. The number of rotatable bonds is 6. The molecule has 0 radical (unpaired) electrons. The molecule has 0 unspecified atom stereocenters. The van der Waals surface area contributed by atoms with E-state index < -0.39 is 5.60 Å². The highest BCUT2D eigenvalue weighted by atomic mass is 127. The first-order valence-corrected chi connectivity index (χ1v) is 9.97. The molecule has 0 saturated carbocycles. The van der Waals surface area contributed by atoms with Crippen molar-refractivity contribution < 1.29 is 19.0 Å². The number of ether oxygens (including phenoxy) is 3. The van der Waals surface area contributed by atoms with Crippen LogP contribution in [0.15, 0.2) is 23.2 Å². The van der Waals surface area contributed by atoms with E-state index in [9.17, 15) is 4.79 Å². The number of carbonyl (C=O) groups is 1. The number of hydrogen-bond donors (Lipinski definition) is 1. The minimum atomic E-state index is -0.486. The van der Waals surface area contributed by atoms with Crippen LogP contribution in [0.1, 0.15) is 32.8 Å². The van der Waals surface area contributed by atoms with E-state index in [-0.39, 0.29) is 30.1 Å². The van der Waals surface area contributed by atoms with Crippen LogP contribution >= 0.6 is 24.0 Å². The summed E-state index contributed by atoms with van der Waals surface area (Å²) >= 11 is 0. The molecule has 1 aromatic carbocycles. The fraction of sp³-hybridized carbons (Fsp3) is 0.619. The Kier molecular flexibility index (Phi) is 10.5. The molecule has 1 heterocycles. The zero-order chi connectivity index (χ0) is 21.4. The van der Waals surface area contributed by atoms with Gasteiger partial charge >= 0.3 is 6.09 Å². The number of amides is 1. The second-order valence-electron chi connectivity index (χ2n) is 7.98. The molecule has 8 nitrogen and oxygen atoms in total. The third-order valence-electron chi connectivity index (χ3n) is 4.62. The van der Waals surface area contributed by atoms with Gasteiger partial charge in [0.25, 0.3) is 0 Å². The summed E-state index contributed by atoms with van der Waals surface area (Å²) in [5, 5.41) is 0. The number of carbonyl (C=O) groups excluding carboxylic acids is 1. The predicted octanol–water partition coefficient (Wildman–Crippen LogP) is 3.12. The lowest BCUT2D eigenvalue weighted by Gasteiger charge is -2.36. The fourth-order valence-corrected chi connectivity index (χ4v) is 3.09. The average molecular weight is 534 g/mol. The number of piperazine rings is 1. The maximum absolute atomic E-state index is 12.1. The highest BCUT2D eigenvalue weighted by Gasteiger charge is 2.26. The van der Waals surface area contributed by atoms with E-state index in [1.165, 1.54) is 0 Å². The van der Waals surface area contributed by atoms with Crippen molar-refractivity contribution in [2.45, 2.75) is 39.2 Å². The van der Waals surface area contributed by atoms with Gasteiger partial charge in [-0.3, -0.25) is 4.99 Å². The van der Waals surface area contributed by atoms with E-state index in [0.29, 0.717) is 38.7 Å². The van der Waals surface area contributed by atoms with E-state index in [4.69, 9.17) is 19.9 Å². The Bertz CT molecular complexity index is 713. The molecule has 0 bridgehead atoms. The fourth-order valence-electron chi connectivity index (χ4n) is 3.09. The van der Waals surface area contributed by atoms with Crippen LogP contribution in [0.2, 0.25) is 0 Å². The second kappa shape index (κ2) is 12.1. The third kappa shape index (κ3) is 8.08. The summed E-state index contributed by atoms with van der Waals surface area (Å²) in [5.41, 5.74) is 6.75. The van der Waals surface area contributed by atoms with Gasteiger partial charge in [0.15, 0.2) is 5.96 Å². The summed E-state index contributed by atoms with van der Waals surface area (Å²) in [6.45, 7) is 8.68. The number of hydrogen-bond acceptors (Lipinski definition) is 5. The van der Waals surface area contributed by atoms with Crippen molar-refractivity contribution >= 4 is 36.0 Å². The lowest BCUT2D eigenvalue weighted by Crippen LogP contribution is -2.53. The molecule has 2 rings (SSSR count). The van der Waals surface area contributed by atoms with E-state index in [0.717, 1.165) is 29.9 Å². The molecule has 9 heteroatoms. The molecule has 1 saturated heterocycles. The molecule has 1 aromatic rings. The topological polar surface area (TPSA) is 89.6 Å². The van der Waals surface area contributed by atoms with Crippen LogP contribution < -0.4 is 15.2 Å². The molecule has 1 fully saturated rings. The summed E-state index contributed by atoms with van der Waals surface area (Å²) < 4.78 is 16.1. The second-order valence-corrected chi connectivity index (χ2v) is 7.98. The Morgan fingerprint density at radius 2 is 1.73 bits per heavy atom. The van der Waals surface area contributed by atoms with Gasteiger partial charge in [-0.1, -0.05) is 0 Å². The average Bonchev–Trinajstić information content (AvgIpc) is 2.69. The molecule has 0 spiro atoms. The van der Waals surface area contributed by atoms with Crippen molar-refractivity contribution in [3.63, 3.8) is 0 Å². The van der Waals surface area contributed by atoms with Gasteiger partial charge in [-0.15, -0.1) is 24.0 Å². The maximum atomic E-state index is 12.1. The Morgan fingerprint density at radius 1 is 1.10 bits per heavy atom. The first-order chi connectivity index (χ1) is 13.7. The molecule has 170 valence electrons. The van der Waals surface area contributed by atoms with Crippen molar-refractivity contribution in [2.24, 2.45) is 10.7 Å². The van der Waals surface area contributed by atoms with Crippen molar-refractivity contribution in [3.05, 3.63) is 23.8 Å². The van der Waals surface area contributed by atoms with E-state index >= 15 is 0 Å². The summed E-state index contributed by atoms with van der Waals surface area (Å²) in [6.07, 6.45) is 1.39. The van der Waals surface area contributed by atoms with Crippen molar-refractivity contribution in [3.8, 4) is 11.5 Å². The molecular weight excluding hydrogens is 499 g/mol. The molecule has 2 N–H and O–H groups in total. The number of methoxy groups -OCH3 is 2. The van der Waals surface area contributed by atoms with Crippen molar-refractivity contribution in [1.82, 2.24) is 9.80 Å². The summed E-state index contributed by atoms with van der Waals surface area (Å²) in [5.74, 6) is 2.18. The highest BCUT2D eigenvalue weighted by Crippen LogP contribution is 2.25. The summed E-state index contributed by atoms with van der Waals surface area (Å²) in [7, 11) is 3.32. The monoisotopic (exact) mass is 534 g/mol. The van der Waals surface area contributed by atoms with Gasteiger partial charge in [0.05, 0.1) is 14.2 Å². The molecule has 0 atom stereocenters. The van der Waals surface area contributed by atoms with Crippen LogP contribution in [0.25, 0.3) is 0 Å². The molecule has 0 aliphatic carbocycles. The van der Waals surface area contributed by atoms with Crippen LogP contribution in [0.3, 0.4) is 0 Å². The van der Waals surface area contributed by atoms with Crippen LogP contribution in [0.5, 0.6) is 11.5 Å². The smallest absolute Gasteiger partial charge is 0.410 e. The zero-order valence-electron chi connectivity index (χ0n) is 18.6. The largest absolute Gasteiger partial charge is 0.497 e. The number of guanidine groups is 1. The van der Waals surface area contributed by atoms with Gasteiger partial charge in [0.1, 0.15) is 17.1 Å². The Morgan fingerprint density at radius 3 is 2.30 bits per heavy atom. The van der Waals surface area contributed by atoms with Crippen LogP contribution in [-0.2, 0) is 11.2 Å². The van der Waals surface area contributed by atoms with Crippen molar-refractivity contribution in [1.29, 1.82) is 0 Å². The molecule has 30 heavy (non-hydrogen) atoms. The number of nitrogens with zero attached hydrogens (tertiary/aromatic N) is 3. The van der Waals surface area contributed by atoms with Gasteiger partial charge in [-0.2, -0.15) is 0 Å². The highest BCUT2D eigenvalue weighted by molar-refractivity contribution is 14.0. The van der Waals surface area contributed by atoms with Gasteiger partial charge in [0.2, 0.25) is 0 Å². The first-order valence-electron chi connectivity index (χ1n) is 9.97. The van der Waals surface area contributed by atoms with E-state index in [1.807, 2.05) is 43.9 Å². The Hall–Kier alpha value is -1.91. The quantitative estimate of drug-likeness (QED) is 0.261. The Labute approximate surface area is 196 Å². The van der Waals surface area contributed by atoms with E-state index in [1.54, 1.807) is 19.1 Å². The van der Waals surface area contributed by atoms with Gasteiger partial charge in [0, 0.05) is 32.7 Å². The van der Waals surface area contributed by atoms with Gasteiger partial charge < -0.3 is 29.7 Å². The number of benzene rings is 1. The summed E-state index contributed by atoms with van der Waals surface area (Å²) in [4.78, 5) is 20.4. The van der Waals surface area contributed by atoms with Gasteiger partial charge in [-0.05, 0) is 57.4 Å². The van der Waals surface area contributed by atoms with Crippen molar-refractivity contribution in [2.75, 3.05) is 46.9 Å². The normalized spacial score (nSPS) is 14.8. The SMILES string of the molecule is COc1ccc(OC)c(CCCN=C(N)N2CCN(C(=O)OC(C)(C)C)CC2)c1.I. The molecule has 1 amide bonds. The number of aliphatic imine (C=N–C) groups is 1. The molecule has 1 aliphatic heterocycles. The number of nitrogens with two attached hydrogens (primary N) is 1. The zero-order valence-corrected chi connectivity index (χ0v) is 21.0. The maximum Gasteiger partial charge on any atom is 0.410 e. The van der Waals surface area contributed by atoms with Crippen LogP contribution in [0, 0.1) is 0 Å². The minimum absolute atomic E-state index is 0. The van der Waals surface area contributed by atoms with E-state index in [2.05, 4.69) is 4.99 Å². The molecule has 1 aliphatic rings. The number of aryl methyl sites for hydroxylation is 1. The van der Waals surface area contributed by atoms with Gasteiger partial charge in [-0.25, -0.2) is 4.79 Å². The lowest BCUT2D eigenvalue weighted by atomic mass is 10.1. The van der Waals surface area contributed by atoms with Crippen LogP contribution in [-0.4, -0.2) is 74.4 Å². The molecule has 0 aromatic heterocycles. The minimum Gasteiger partial charge on any atom is -0.497 e. The Balaban J connectivity index is 0.00000450. The molecular formula is C21H35IN4O4. The van der Waals surface area contributed by atoms with Crippen LogP contribution in [0.4, 0.5) is 4.79 Å². The lowest BCUT2D eigenvalue weighted by molar-refractivity contribution is 0.0186. The standard InChI is InChI=1S/C21H34N4O4.HI/c1-21(2,3)29-20(26)25-13-11-24(12-14-25)19(22)23-10-6-7-16-15-17(27-4)8-9-18(16)28-5;/h8-9,15H,6-7,10-14H2,1-5H3,(H2,22,23);1H. The predicted molar refractivity (Wildman–Crippen MR) is 129 cm³/mol. The number of halogens is 1. The summed E-state index contributed by atoms with van der Waals surface area (Å²) in [6, 6.07) is 5.78. The third-order valence-corrected chi connectivity index (χ3v) is 4.62.